The van der Waals surface area contributed by atoms with E-state index in [2.05, 4.69) is 4.90 Å². The molecular weight excluding hydrogens is 236 g/mol. The van der Waals surface area contributed by atoms with E-state index in [1.165, 1.54) is 16.2 Å². The fraction of sp³-hybridized carbons (Fsp3) is 0.444. The van der Waals surface area contributed by atoms with Crippen molar-refractivity contribution in [3.05, 3.63) is 16.5 Å². The van der Waals surface area contributed by atoms with Crippen molar-refractivity contribution in [1.29, 1.82) is 0 Å². The lowest BCUT2D eigenvalue weighted by Gasteiger charge is -2.33. The van der Waals surface area contributed by atoms with E-state index in [0.717, 1.165) is 22.4 Å². The van der Waals surface area contributed by atoms with Crippen LogP contribution in [0.1, 0.15) is 0 Å². The Morgan fingerprint density at radius 3 is 2.47 bits per heavy atom. The highest BCUT2D eigenvalue weighted by Gasteiger charge is 2.21. The van der Waals surface area contributed by atoms with Crippen LogP contribution in [-0.2, 0) is 0 Å². The van der Waals surface area contributed by atoms with Crippen molar-refractivity contribution in [2.75, 3.05) is 31.1 Å². The van der Waals surface area contributed by atoms with Crippen LogP contribution in [0.15, 0.2) is 12.1 Å². The normalized spacial score (nSPS) is 16.9. The molecule has 0 radical (unpaired) electrons. The van der Waals surface area contributed by atoms with Crippen LogP contribution < -0.4 is 4.90 Å². The van der Waals surface area contributed by atoms with E-state index < -0.39 is 6.09 Å². The van der Waals surface area contributed by atoms with E-state index in [1.807, 2.05) is 12.1 Å². The van der Waals surface area contributed by atoms with Crippen LogP contribution in [0, 0.1) is 0 Å². The number of piperazine rings is 1. The number of carboxylic acid groups (broad SMARTS) is 1. The average molecular weight is 247 g/mol. The van der Waals surface area contributed by atoms with Gasteiger partial charge in [0.05, 0.1) is 9.34 Å². The smallest absolute Gasteiger partial charge is 0.407 e. The van der Waals surface area contributed by atoms with Gasteiger partial charge < -0.3 is 14.9 Å². The van der Waals surface area contributed by atoms with E-state index in [4.69, 9.17) is 16.7 Å². The zero-order chi connectivity index (χ0) is 10.8. The highest BCUT2D eigenvalue weighted by Crippen LogP contribution is 2.29. The first-order valence-corrected chi connectivity index (χ1v) is 5.84. The second-order valence-corrected chi connectivity index (χ2v) is 5.03. The molecule has 1 aliphatic heterocycles. The van der Waals surface area contributed by atoms with Gasteiger partial charge in [-0.05, 0) is 12.1 Å². The SMILES string of the molecule is O=C(O)N1CCN(c2ccc(Cl)s2)CC1. The molecule has 0 saturated carbocycles. The minimum atomic E-state index is -0.834. The number of hydrogen-bond acceptors (Lipinski definition) is 3. The van der Waals surface area contributed by atoms with E-state index in [0.29, 0.717) is 13.1 Å². The Morgan fingerprint density at radius 2 is 2.00 bits per heavy atom. The van der Waals surface area contributed by atoms with Crippen molar-refractivity contribution in [1.82, 2.24) is 4.90 Å². The summed E-state index contributed by atoms with van der Waals surface area (Å²) in [5.74, 6) is 0. The Morgan fingerprint density at radius 1 is 1.33 bits per heavy atom. The van der Waals surface area contributed by atoms with E-state index in [9.17, 15) is 4.79 Å². The maximum absolute atomic E-state index is 10.7. The number of halogens is 1. The molecule has 1 saturated heterocycles. The molecule has 1 N–H and O–H groups in total. The van der Waals surface area contributed by atoms with Crippen LogP contribution in [0.5, 0.6) is 0 Å². The molecule has 1 aromatic heterocycles. The second kappa shape index (κ2) is 4.28. The van der Waals surface area contributed by atoms with Gasteiger partial charge in [0.15, 0.2) is 0 Å². The summed E-state index contributed by atoms with van der Waals surface area (Å²) in [4.78, 5) is 14.3. The van der Waals surface area contributed by atoms with Gasteiger partial charge in [0, 0.05) is 26.2 Å². The third-order valence-corrected chi connectivity index (χ3v) is 3.71. The summed E-state index contributed by atoms with van der Waals surface area (Å²) >= 11 is 7.38. The van der Waals surface area contributed by atoms with Gasteiger partial charge in [-0.3, -0.25) is 0 Å². The Balaban J connectivity index is 1.96. The predicted octanol–water partition coefficient (Wildman–Crippen LogP) is 2.20. The molecule has 1 aliphatic rings. The van der Waals surface area contributed by atoms with Crippen molar-refractivity contribution in [2.24, 2.45) is 0 Å². The molecule has 2 rings (SSSR count). The van der Waals surface area contributed by atoms with Gasteiger partial charge in [-0.2, -0.15) is 0 Å². The van der Waals surface area contributed by atoms with Crippen LogP contribution in [-0.4, -0.2) is 42.3 Å². The number of rotatable bonds is 1. The Kier molecular flexibility index (Phi) is 3.02. The van der Waals surface area contributed by atoms with Crippen LogP contribution in [0.25, 0.3) is 0 Å². The van der Waals surface area contributed by atoms with Crippen molar-refractivity contribution in [3.63, 3.8) is 0 Å². The fourth-order valence-corrected chi connectivity index (χ4v) is 2.68. The largest absolute Gasteiger partial charge is 0.465 e. The first kappa shape index (κ1) is 10.6. The molecule has 82 valence electrons. The molecule has 4 nitrogen and oxygen atoms in total. The quantitative estimate of drug-likeness (QED) is 0.826. The number of thiophene rings is 1. The highest BCUT2D eigenvalue weighted by molar-refractivity contribution is 7.19. The molecule has 0 bridgehead atoms. The predicted molar refractivity (Wildman–Crippen MR) is 61.1 cm³/mol. The molecule has 1 aromatic rings. The van der Waals surface area contributed by atoms with Gasteiger partial charge in [-0.25, -0.2) is 4.79 Å². The van der Waals surface area contributed by atoms with E-state index >= 15 is 0 Å². The monoisotopic (exact) mass is 246 g/mol. The summed E-state index contributed by atoms with van der Waals surface area (Å²) in [5, 5.41) is 9.90. The zero-order valence-corrected chi connectivity index (χ0v) is 9.59. The van der Waals surface area contributed by atoms with Gasteiger partial charge in [0.25, 0.3) is 0 Å². The summed E-state index contributed by atoms with van der Waals surface area (Å²) in [6.45, 7) is 2.60. The number of carbonyl (C=O) groups is 1. The van der Waals surface area contributed by atoms with Crippen molar-refractivity contribution in [2.45, 2.75) is 0 Å². The Hall–Kier alpha value is -0.940. The molecular formula is C9H11ClN2O2S. The minimum absolute atomic E-state index is 0.560. The summed E-state index contributed by atoms with van der Waals surface area (Å²) in [7, 11) is 0. The van der Waals surface area contributed by atoms with E-state index in [-0.39, 0.29) is 0 Å². The summed E-state index contributed by atoms with van der Waals surface area (Å²) < 4.78 is 0.769. The molecule has 2 heterocycles. The summed E-state index contributed by atoms with van der Waals surface area (Å²) in [6.07, 6.45) is -0.834. The Labute approximate surface area is 96.7 Å². The standard InChI is InChI=1S/C9H11ClN2O2S/c10-7-1-2-8(15-7)11-3-5-12(6-4-11)9(13)14/h1-2H,3-6H2,(H,13,14). The van der Waals surface area contributed by atoms with Crippen LogP contribution in [0.2, 0.25) is 4.34 Å². The van der Waals surface area contributed by atoms with Gasteiger partial charge in [-0.1, -0.05) is 11.6 Å². The van der Waals surface area contributed by atoms with Gasteiger partial charge in [0.1, 0.15) is 0 Å². The number of amides is 1. The zero-order valence-electron chi connectivity index (χ0n) is 8.02. The second-order valence-electron chi connectivity index (χ2n) is 3.33. The van der Waals surface area contributed by atoms with Crippen molar-refractivity contribution in [3.8, 4) is 0 Å². The van der Waals surface area contributed by atoms with Gasteiger partial charge in [-0.15, -0.1) is 11.3 Å². The third-order valence-electron chi connectivity index (χ3n) is 2.42. The van der Waals surface area contributed by atoms with Gasteiger partial charge in [0.2, 0.25) is 0 Å². The topological polar surface area (TPSA) is 43.8 Å². The van der Waals surface area contributed by atoms with Crippen molar-refractivity contribution < 1.29 is 9.90 Å². The summed E-state index contributed by atoms with van der Waals surface area (Å²) in [5.41, 5.74) is 0. The lowest BCUT2D eigenvalue weighted by molar-refractivity contribution is 0.142. The van der Waals surface area contributed by atoms with E-state index in [1.54, 1.807) is 0 Å². The molecule has 15 heavy (non-hydrogen) atoms. The summed E-state index contributed by atoms with van der Waals surface area (Å²) in [6, 6.07) is 3.84. The molecule has 0 aliphatic carbocycles. The maximum Gasteiger partial charge on any atom is 0.407 e. The Bertz CT molecular complexity index is 361. The highest BCUT2D eigenvalue weighted by atomic mass is 35.5. The number of anilines is 1. The number of nitrogens with zero attached hydrogens (tertiary/aromatic N) is 2. The third kappa shape index (κ3) is 2.35. The molecule has 6 heteroatoms. The molecule has 0 atom stereocenters. The van der Waals surface area contributed by atoms with Crippen LogP contribution in [0.3, 0.4) is 0 Å². The molecule has 1 amide bonds. The number of hydrogen-bond donors (Lipinski definition) is 1. The average Bonchev–Trinajstić information content (AvgIpc) is 2.65. The fourth-order valence-electron chi connectivity index (χ4n) is 1.59. The molecule has 0 spiro atoms. The van der Waals surface area contributed by atoms with Crippen LogP contribution in [0.4, 0.5) is 9.80 Å². The van der Waals surface area contributed by atoms with Crippen LogP contribution >= 0.6 is 22.9 Å². The minimum Gasteiger partial charge on any atom is -0.465 e. The molecule has 0 aromatic carbocycles. The van der Waals surface area contributed by atoms with Gasteiger partial charge >= 0.3 is 6.09 Å². The molecule has 0 unspecified atom stereocenters. The first-order chi connectivity index (χ1) is 7.16. The lowest BCUT2D eigenvalue weighted by Crippen LogP contribution is -2.48. The van der Waals surface area contributed by atoms with Crippen molar-refractivity contribution >= 4 is 34.0 Å². The lowest BCUT2D eigenvalue weighted by atomic mass is 10.3. The first-order valence-electron chi connectivity index (χ1n) is 4.65. The maximum atomic E-state index is 10.7. The molecule has 1 fully saturated rings.